The summed E-state index contributed by atoms with van der Waals surface area (Å²) < 4.78 is 5.78. The molecule has 26 heavy (non-hydrogen) atoms. The highest BCUT2D eigenvalue weighted by molar-refractivity contribution is 5.97. The number of carbonyl (C=O) groups excluding carboxylic acids is 2. The van der Waals surface area contributed by atoms with E-state index in [0.717, 1.165) is 19.3 Å². The highest BCUT2D eigenvalue weighted by Gasteiger charge is 2.48. The SMILES string of the molecule is O=C1NCC2(CCC2)NC(=O)C2(C/C=C/COc3ccccc31)CNC2. The van der Waals surface area contributed by atoms with Crippen molar-refractivity contribution in [3.05, 3.63) is 42.0 Å². The first-order chi connectivity index (χ1) is 12.6. The minimum Gasteiger partial charge on any atom is -0.489 e. The van der Waals surface area contributed by atoms with Crippen molar-refractivity contribution in [1.29, 1.82) is 0 Å². The number of fused-ring (bicyclic) bond motifs is 1. The number of carbonyl (C=O) groups is 2. The average molecular weight is 355 g/mol. The van der Waals surface area contributed by atoms with Crippen LogP contribution in [0, 0.1) is 5.41 Å². The normalized spacial score (nSPS) is 25.5. The van der Waals surface area contributed by atoms with Crippen LogP contribution in [-0.2, 0) is 4.79 Å². The Morgan fingerprint density at radius 3 is 2.50 bits per heavy atom. The molecule has 2 amide bonds. The van der Waals surface area contributed by atoms with Crippen molar-refractivity contribution in [2.24, 2.45) is 5.41 Å². The van der Waals surface area contributed by atoms with Gasteiger partial charge in [-0.25, -0.2) is 0 Å². The highest BCUT2D eigenvalue weighted by Crippen LogP contribution is 2.35. The summed E-state index contributed by atoms with van der Waals surface area (Å²) in [6, 6.07) is 7.27. The number of benzene rings is 1. The zero-order valence-corrected chi connectivity index (χ0v) is 14.8. The molecule has 2 spiro atoms. The van der Waals surface area contributed by atoms with Crippen LogP contribution in [0.25, 0.3) is 0 Å². The summed E-state index contributed by atoms with van der Waals surface area (Å²) in [7, 11) is 0. The van der Waals surface area contributed by atoms with Crippen LogP contribution in [0.5, 0.6) is 5.75 Å². The number of hydrogen-bond acceptors (Lipinski definition) is 4. The molecular weight excluding hydrogens is 330 g/mol. The van der Waals surface area contributed by atoms with E-state index in [-0.39, 0.29) is 22.8 Å². The molecule has 0 unspecified atom stereocenters. The van der Waals surface area contributed by atoms with Gasteiger partial charge in [0, 0.05) is 19.6 Å². The molecule has 2 aliphatic heterocycles. The third kappa shape index (κ3) is 3.09. The van der Waals surface area contributed by atoms with Gasteiger partial charge in [-0.2, -0.15) is 0 Å². The third-order valence-corrected chi connectivity index (χ3v) is 5.83. The van der Waals surface area contributed by atoms with E-state index < -0.39 is 0 Å². The minimum absolute atomic E-state index is 0.0910. The van der Waals surface area contributed by atoms with E-state index in [2.05, 4.69) is 16.0 Å². The van der Waals surface area contributed by atoms with Crippen molar-refractivity contribution < 1.29 is 14.3 Å². The molecule has 1 aromatic carbocycles. The maximum Gasteiger partial charge on any atom is 0.255 e. The molecule has 2 fully saturated rings. The van der Waals surface area contributed by atoms with Gasteiger partial charge in [-0.3, -0.25) is 9.59 Å². The molecule has 6 heteroatoms. The van der Waals surface area contributed by atoms with Crippen LogP contribution in [0.4, 0.5) is 0 Å². The molecular formula is C20H25N3O3. The maximum absolute atomic E-state index is 12.9. The van der Waals surface area contributed by atoms with Crippen LogP contribution >= 0.6 is 0 Å². The molecule has 1 aliphatic carbocycles. The standard InChI is InChI=1S/C20H25N3O3/c24-17-15-6-1-2-7-16(15)26-11-4-3-8-19(12-21-13-19)18(25)23-20(14-22-17)9-5-10-20/h1-4,6-7,21H,5,8-14H2,(H,22,24)(H,23,25)/b4-3+. The Kier molecular flexibility index (Phi) is 4.44. The van der Waals surface area contributed by atoms with Gasteiger partial charge in [-0.1, -0.05) is 24.3 Å². The lowest BCUT2D eigenvalue weighted by Gasteiger charge is -2.48. The molecule has 0 atom stereocenters. The van der Waals surface area contributed by atoms with Gasteiger partial charge in [0.1, 0.15) is 12.4 Å². The van der Waals surface area contributed by atoms with Gasteiger partial charge in [-0.05, 0) is 37.8 Å². The lowest BCUT2D eigenvalue weighted by molar-refractivity contribution is -0.137. The van der Waals surface area contributed by atoms with Crippen LogP contribution in [0.1, 0.15) is 36.0 Å². The fraction of sp³-hybridized carbons (Fsp3) is 0.500. The fourth-order valence-electron chi connectivity index (χ4n) is 3.79. The summed E-state index contributed by atoms with van der Waals surface area (Å²) in [5.41, 5.74) is -0.178. The van der Waals surface area contributed by atoms with E-state index in [0.29, 0.717) is 44.0 Å². The molecule has 1 aromatic rings. The molecule has 3 N–H and O–H groups in total. The van der Waals surface area contributed by atoms with Crippen molar-refractivity contribution in [3.8, 4) is 5.75 Å². The molecule has 6 nitrogen and oxygen atoms in total. The number of hydrogen-bond donors (Lipinski definition) is 3. The summed E-state index contributed by atoms with van der Waals surface area (Å²) in [6.07, 6.45) is 7.50. The number of ether oxygens (including phenoxy) is 1. The number of rotatable bonds is 0. The monoisotopic (exact) mass is 355 g/mol. The van der Waals surface area contributed by atoms with Gasteiger partial charge >= 0.3 is 0 Å². The van der Waals surface area contributed by atoms with Crippen molar-refractivity contribution in [3.63, 3.8) is 0 Å². The van der Waals surface area contributed by atoms with Gasteiger partial charge in [0.25, 0.3) is 5.91 Å². The van der Waals surface area contributed by atoms with Gasteiger partial charge in [0.2, 0.25) is 5.91 Å². The molecule has 0 aromatic heterocycles. The summed E-state index contributed by atoms with van der Waals surface area (Å²) in [5, 5.41) is 9.49. The smallest absolute Gasteiger partial charge is 0.255 e. The molecule has 0 radical (unpaired) electrons. The van der Waals surface area contributed by atoms with Crippen molar-refractivity contribution in [1.82, 2.24) is 16.0 Å². The lowest BCUT2D eigenvalue weighted by Crippen LogP contribution is -2.68. The van der Waals surface area contributed by atoms with E-state index >= 15 is 0 Å². The average Bonchev–Trinajstić information content (AvgIpc) is 2.58. The Bertz CT molecular complexity index is 736. The van der Waals surface area contributed by atoms with Crippen LogP contribution in [0.2, 0.25) is 0 Å². The van der Waals surface area contributed by atoms with Crippen molar-refractivity contribution in [2.45, 2.75) is 31.2 Å². The maximum atomic E-state index is 12.9. The van der Waals surface area contributed by atoms with Gasteiger partial charge in [0.05, 0.1) is 16.5 Å². The number of amides is 2. The second-order valence-electron chi connectivity index (χ2n) is 7.64. The second-order valence-corrected chi connectivity index (χ2v) is 7.64. The van der Waals surface area contributed by atoms with Crippen molar-refractivity contribution >= 4 is 11.8 Å². The predicted octanol–water partition coefficient (Wildman–Crippen LogP) is 1.38. The molecule has 3 aliphatic rings. The van der Waals surface area contributed by atoms with Gasteiger partial charge in [0.15, 0.2) is 0 Å². The Labute approximate surface area is 153 Å². The predicted molar refractivity (Wildman–Crippen MR) is 98.1 cm³/mol. The summed E-state index contributed by atoms with van der Waals surface area (Å²) in [6.45, 7) is 2.20. The summed E-state index contributed by atoms with van der Waals surface area (Å²) >= 11 is 0. The first kappa shape index (κ1) is 17.1. The van der Waals surface area contributed by atoms with E-state index in [1.54, 1.807) is 6.07 Å². The summed E-state index contributed by atoms with van der Waals surface area (Å²) in [4.78, 5) is 25.6. The number of para-hydroxylation sites is 1. The van der Waals surface area contributed by atoms with Crippen LogP contribution in [0.15, 0.2) is 36.4 Å². The molecule has 2 heterocycles. The minimum atomic E-state index is -0.384. The van der Waals surface area contributed by atoms with Crippen LogP contribution in [-0.4, -0.2) is 43.6 Å². The van der Waals surface area contributed by atoms with E-state index in [4.69, 9.17) is 4.74 Å². The topological polar surface area (TPSA) is 79.5 Å². The number of allylic oxidation sites excluding steroid dienone is 1. The molecule has 4 rings (SSSR count). The Morgan fingerprint density at radius 1 is 1.00 bits per heavy atom. The van der Waals surface area contributed by atoms with E-state index in [1.165, 1.54) is 0 Å². The molecule has 1 saturated carbocycles. The van der Waals surface area contributed by atoms with Gasteiger partial charge in [-0.15, -0.1) is 0 Å². The highest BCUT2D eigenvalue weighted by atomic mass is 16.5. The van der Waals surface area contributed by atoms with Crippen molar-refractivity contribution in [2.75, 3.05) is 26.2 Å². The molecule has 0 bridgehead atoms. The quantitative estimate of drug-likeness (QED) is 0.615. The van der Waals surface area contributed by atoms with Crippen LogP contribution in [0.3, 0.4) is 0 Å². The Balaban J connectivity index is 1.60. The molecule has 138 valence electrons. The van der Waals surface area contributed by atoms with Gasteiger partial charge < -0.3 is 20.7 Å². The van der Waals surface area contributed by atoms with E-state index in [9.17, 15) is 9.59 Å². The zero-order valence-electron chi connectivity index (χ0n) is 14.8. The fourth-order valence-corrected chi connectivity index (χ4v) is 3.79. The first-order valence-corrected chi connectivity index (χ1v) is 9.31. The first-order valence-electron chi connectivity index (χ1n) is 9.31. The third-order valence-electron chi connectivity index (χ3n) is 5.83. The second kappa shape index (κ2) is 6.76. The lowest BCUT2D eigenvalue weighted by atomic mass is 9.73. The Hall–Kier alpha value is -2.34. The molecule has 1 saturated heterocycles. The number of nitrogens with one attached hydrogen (secondary N) is 3. The van der Waals surface area contributed by atoms with Crippen LogP contribution < -0.4 is 20.7 Å². The zero-order chi connectivity index (χ0) is 18.0. The van der Waals surface area contributed by atoms with E-state index in [1.807, 2.05) is 30.4 Å². The largest absolute Gasteiger partial charge is 0.489 e. The Morgan fingerprint density at radius 2 is 1.81 bits per heavy atom. The summed E-state index contributed by atoms with van der Waals surface area (Å²) in [5.74, 6) is 0.508.